The van der Waals surface area contributed by atoms with Crippen LogP contribution in [0.25, 0.3) is 0 Å². The third-order valence-corrected chi connectivity index (χ3v) is 2.54. The van der Waals surface area contributed by atoms with E-state index < -0.39 is 29.0 Å². The van der Waals surface area contributed by atoms with E-state index in [1.807, 2.05) is 0 Å². The number of rotatable bonds is 5. The first-order valence-corrected chi connectivity index (χ1v) is 6.08. The summed E-state index contributed by atoms with van der Waals surface area (Å²) < 4.78 is 44.3. The fourth-order valence-electron chi connectivity index (χ4n) is 1.59. The Bertz CT molecular complexity index is 475. The maximum atomic E-state index is 13.0. The van der Waals surface area contributed by atoms with Gasteiger partial charge in [-0.3, -0.25) is 4.68 Å². The Hall–Kier alpha value is -1.57. The maximum absolute atomic E-state index is 13.0. The van der Waals surface area contributed by atoms with E-state index in [0.717, 1.165) is 6.20 Å². The van der Waals surface area contributed by atoms with Crippen LogP contribution in [0.3, 0.4) is 0 Å². The molecule has 0 spiro atoms. The number of hydrogen-bond acceptors (Lipinski definition) is 4. The molecule has 0 saturated carbocycles. The van der Waals surface area contributed by atoms with Crippen molar-refractivity contribution in [1.82, 2.24) is 9.78 Å². The Kier molecular flexibility index (Phi) is 4.80. The Labute approximate surface area is 114 Å². The summed E-state index contributed by atoms with van der Waals surface area (Å²) in [5, 5.41) is 13.1. The van der Waals surface area contributed by atoms with Gasteiger partial charge in [-0.2, -0.15) is 18.3 Å². The van der Waals surface area contributed by atoms with Gasteiger partial charge in [-0.05, 0) is 27.2 Å². The van der Waals surface area contributed by atoms with Crippen LogP contribution in [0.5, 0.6) is 0 Å². The number of alkyl halides is 3. The molecular weight excluding hydrogens is 277 g/mol. The average molecular weight is 294 g/mol. The lowest BCUT2D eigenvalue weighted by molar-refractivity contribution is -0.145. The number of hydrogen-bond donors (Lipinski definition) is 1. The molecule has 114 valence electrons. The highest BCUT2D eigenvalue weighted by atomic mass is 19.4. The zero-order valence-electron chi connectivity index (χ0n) is 11.5. The van der Waals surface area contributed by atoms with Crippen molar-refractivity contribution in [2.24, 2.45) is 0 Å². The van der Waals surface area contributed by atoms with E-state index in [4.69, 9.17) is 0 Å². The van der Waals surface area contributed by atoms with Gasteiger partial charge in [0, 0.05) is 6.54 Å². The van der Waals surface area contributed by atoms with E-state index in [2.05, 4.69) is 9.84 Å². The third-order valence-electron chi connectivity index (χ3n) is 2.54. The molecule has 0 radical (unpaired) electrons. The van der Waals surface area contributed by atoms with Crippen LogP contribution in [0.4, 0.5) is 13.2 Å². The molecule has 1 N–H and O–H groups in total. The topological polar surface area (TPSA) is 64.3 Å². The van der Waals surface area contributed by atoms with Gasteiger partial charge in [-0.1, -0.05) is 0 Å². The van der Waals surface area contributed by atoms with Gasteiger partial charge in [0.2, 0.25) is 0 Å². The number of aliphatic hydroxyl groups is 1. The fourth-order valence-corrected chi connectivity index (χ4v) is 1.59. The SMILES string of the molecule is CCOC(=O)c1cnn(CCC(C)(C)O)c1C(F)(F)F. The molecule has 0 atom stereocenters. The Morgan fingerprint density at radius 3 is 2.50 bits per heavy atom. The van der Waals surface area contributed by atoms with Crippen molar-refractivity contribution in [1.29, 1.82) is 0 Å². The van der Waals surface area contributed by atoms with Crippen molar-refractivity contribution < 1.29 is 27.8 Å². The molecule has 20 heavy (non-hydrogen) atoms. The highest BCUT2D eigenvalue weighted by molar-refractivity contribution is 5.90. The van der Waals surface area contributed by atoms with Gasteiger partial charge < -0.3 is 9.84 Å². The van der Waals surface area contributed by atoms with Gasteiger partial charge in [0.1, 0.15) is 5.56 Å². The normalized spacial score (nSPS) is 12.6. The summed E-state index contributed by atoms with van der Waals surface area (Å²) in [7, 11) is 0. The minimum absolute atomic E-state index is 0.0228. The molecule has 0 aromatic carbocycles. The molecule has 0 unspecified atom stereocenters. The van der Waals surface area contributed by atoms with E-state index in [0.29, 0.717) is 4.68 Å². The quantitative estimate of drug-likeness (QED) is 0.846. The zero-order chi connectivity index (χ0) is 15.6. The molecule has 0 amide bonds. The molecule has 1 heterocycles. The van der Waals surface area contributed by atoms with Gasteiger partial charge in [0.05, 0.1) is 18.4 Å². The summed E-state index contributed by atoms with van der Waals surface area (Å²) in [5.41, 5.74) is -2.89. The first kappa shape index (κ1) is 16.5. The number of halogens is 3. The molecule has 0 aliphatic rings. The summed E-state index contributed by atoms with van der Waals surface area (Å²) in [6.45, 7) is 4.29. The van der Waals surface area contributed by atoms with E-state index in [-0.39, 0.29) is 19.6 Å². The standard InChI is InChI=1S/C12H17F3N2O3/c1-4-20-10(18)8-7-16-17(6-5-11(2,3)19)9(8)12(13,14)15/h7,19H,4-6H2,1-3H3. The number of aromatic nitrogens is 2. The Morgan fingerprint density at radius 2 is 2.05 bits per heavy atom. The van der Waals surface area contributed by atoms with Crippen LogP contribution >= 0.6 is 0 Å². The molecule has 5 nitrogen and oxygen atoms in total. The maximum Gasteiger partial charge on any atom is 0.433 e. The molecule has 0 bridgehead atoms. The number of carbonyl (C=O) groups is 1. The molecular formula is C12H17F3N2O3. The molecule has 1 aromatic rings. The minimum atomic E-state index is -4.72. The molecule has 0 fully saturated rings. The van der Waals surface area contributed by atoms with E-state index in [1.165, 1.54) is 20.8 Å². The highest BCUT2D eigenvalue weighted by Crippen LogP contribution is 2.32. The predicted molar refractivity (Wildman–Crippen MR) is 64.1 cm³/mol. The molecule has 0 aliphatic carbocycles. The number of esters is 1. The van der Waals surface area contributed by atoms with Crippen LogP contribution in [0.15, 0.2) is 6.20 Å². The average Bonchev–Trinajstić information content (AvgIpc) is 2.69. The summed E-state index contributed by atoms with van der Waals surface area (Å²) in [4.78, 5) is 11.5. The first-order valence-electron chi connectivity index (χ1n) is 6.08. The van der Waals surface area contributed by atoms with E-state index in [9.17, 15) is 23.1 Å². The van der Waals surface area contributed by atoms with Crippen LogP contribution in [-0.2, 0) is 17.5 Å². The third kappa shape index (κ3) is 4.22. The Balaban J connectivity index is 3.10. The molecule has 8 heteroatoms. The molecule has 1 rings (SSSR count). The lowest BCUT2D eigenvalue weighted by Crippen LogP contribution is -2.24. The minimum Gasteiger partial charge on any atom is -0.462 e. The van der Waals surface area contributed by atoms with Crippen molar-refractivity contribution in [3.05, 3.63) is 17.5 Å². The van der Waals surface area contributed by atoms with Gasteiger partial charge in [0.25, 0.3) is 0 Å². The molecule has 1 aromatic heterocycles. The van der Waals surface area contributed by atoms with Crippen molar-refractivity contribution in [3.8, 4) is 0 Å². The van der Waals surface area contributed by atoms with E-state index in [1.54, 1.807) is 0 Å². The summed E-state index contributed by atoms with van der Waals surface area (Å²) >= 11 is 0. The van der Waals surface area contributed by atoms with Crippen molar-refractivity contribution >= 4 is 5.97 Å². The Morgan fingerprint density at radius 1 is 1.45 bits per heavy atom. The van der Waals surface area contributed by atoms with Crippen LogP contribution in [0, 0.1) is 0 Å². The van der Waals surface area contributed by atoms with Crippen LogP contribution in [0.1, 0.15) is 43.2 Å². The van der Waals surface area contributed by atoms with Gasteiger partial charge in [-0.15, -0.1) is 0 Å². The van der Waals surface area contributed by atoms with E-state index >= 15 is 0 Å². The first-order chi connectivity index (χ1) is 9.06. The lowest BCUT2D eigenvalue weighted by Gasteiger charge is -2.18. The van der Waals surface area contributed by atoms with Crippen LogP contribution in [0.2, 0.25) is 0 Å². The molecule has 0 saturated heterocycles. The monoisotopic (exact) mass is 294 g/mol. The summed E-state index contributed by atoms with van der Waals surface area (Å²) in [5.74, 6) is -1.06. The number of aryl methyl sites for hydroxylation is 1. The van der Waals surface area contributed by atoms with Crippen LogP contribution in [-0.4, -0.2) is 33.1 Å². The molecule has 0 aliphatic heterocycles. The predicted octanol–water partition coefficient (Wildman–Crippen LogP) is 2.24. The van der Waals surface area contributed by atoms with Crippen molar-refractivity contribution in [3.63, 3.8) is 0 Å². The lowest BCUT2D eigenvalue weighted by atomic mass is 10.1. The largest absolute Gasteiger partial charge is 0.462 e. The van der Waals surface area contributed by atoms with Crippen molar-refractivity contribution in [2.75, 3.05) is 6.61 Å². The van der Waals surface area contributed by atoms with Gasteiger partial charge in [-0.25, -0.2) is 4.79 Å². The number of carbonyl (C=O) groups excluding carboxylic acids is 1. The zero-order valence-corrected chi connectivity index (χ0v) is 11.5. The van der Waals surface area contributed by atoms with Gasteiger partial charge >= 0.3 is 12.1 Å². The summed E-state index contributed by atoms with van der Waals surface area (Å²) in [6, 6.07) is 0. The second-order valence-electron chi connectivity index (χ2n) is 4.91. The van der Waals surface area contributed by atoms with Gasteiger partial charge in [0.15, 0.2) is 5.69 Å². The van der Waals surface area contributed by atoms with Crippen LogP contribution < -0.4 is 0 Å². The number of ether oxygens (including phenoxy) is 1. The summed E-state index contributed by atoms with van der Waals surface area (Å²) in [6.07, 6.45) is -3.82. The second kappa shape index (κ2) is 5.82. The fraction of sp³-hybridized carbons (Fsp3) is 0.667. The highest BCUT2D eigenvalue weighted by Gasteiger charge is 2.40. The smallest absolute Gasteiger partial charge is 0.433 e. The van der Waals surface area contributed by atoms with Crippen molar-refractivity contribution in [2.45, 2.75) is 45.5 Å². The number of nitrogens with zero attached hydrogens (tertiary/aromatic N) is 2. The second-order valence-corrected chi connectivity index (χ2v) is 4.91.